The van der Waals surface area contributed by atoms with E-state index < -0.39 is 11.0 Å². The first-order chi connectivity index (χ1) is 23.0. The molecule has 7 nitrogen and oxygen atoms in total. The van der Waals surface area contributed by atoms with E-state index in [1.165, 1.54) is 0 Å². The van der Waals surface area contributed by atoms with Crippen molar-refractivity contribution >= 4 is 11.5 Å². The largest absolute Gasteiger partial charge is 0.497 e. The summed E-state index contributed by atoms with van der Waals surface area (Å²) in [5, 5.41) is 23.8. The molecule has 1 aliphatic heterocycles. The fourth-order valence-corrected chi connectivity index (χ4v) is 11.9. The van der Waals surface area contributed by atoms with E-state index in [4.69, 9.17) is 9.47 Å². The number of ether oxygens (including phenoxy) is 2. The maximum Gasteiger partial charge on any atom is 0.189 e. The van der Waals surface area contributed by atoms with Gasteiger partial charge in [-0.15, -0.1) is 0 Å². The molecule has 0 amide bonds. The van der Waals surface area contributed by atoms with Crippen molar-refractivity contribution in [3.05, 3.63) is 77.9 Å². The van der Waals surface area contributed by atoms with Gasteiger partial charge in [0.05, 0.1) is 31.6 Å². The summed E-state index contributed by atoms with van der Waals surface area (Å²) in [5.74, 6) is 2.15. The Morgan fingerprint density at radius 1 is 0.854 bits per heavy atom. The maximum atomic E-state index is 14.8. The molecule has 0 aromatic heterocycles. The zero-order valence-electron chi connectivity index (χ0n) is 29.1. The van der Waals surface area contributed by atoms with E-state index in [1.807, 2.05) is 36.4 Å². The van der Waals surface area contributed by atoms with Crippen LogP contribution >= 0.6 is 0 Å². The van der Waals surface area contributed by atoms with Crippen molar-refractivity contribution in [2.75, 3.05) is 51.8 Å². The number of para-hydroxylation sites is 2. The Bertz CT molecular complexity index is 1650. The molecule has 4 fully saturated rings. The van der Waals surface area contributed by atoms with E-state index in [0.717, 1.165) is 87.5 Å². The molecule has 48 heavy (non-hydrogen) atoms. The summed E-state index contributed by atoms with van der Waals surface area (Å²) in [6.07, 6.45) is 12.7. The molecular weight excluding hydrogens is 600 g/mol. The van der Waals surface area contributed by atoms with Gasteiger partial charge in [-0.3, -0.25) is 9.69 Å². The molecule has 8 unspecified atom stereocenters. The van der Waals surface area contributed by atoms with Crippen molar-refractivity contribution in [2.45, 2.75) is 70.5 Å². The third-order valence-electron chi connectivity index (χ3n) is 14.6. The van der Waals surface area contributed by atoms with E-state index in [9.17, 15) is 15.0 Å². The number of hydrogen-bond acceptors (Lipinski definition) is 7. The number of rotatable bonds is 7. The number of methoxy groups -OCH3 is 2. The first-order valence-electron chi connectivity index (χ1n) is 18.2. The van der Waals surface area contributed by atoms with Gasteiger partial charge >= 0.3 is 0 Å². The summed E-state index contributed by atoms with van der Waals surface area (Å²) in [6.45, 7) is 8.99. The van der Waals surface area contributed by atoms with Crippen molar-refractivity contribution in [3.8, 4) is 11.5 Å². The van der Waals surface area contributed by atoms with E-state index >= 15 is 0 Å². The highest BCUT2D eigenvalue weighted by Gasteiger charge is 2.74. The summed E-state index contributed by atoms with van der Waals surface area (Å²) < 4.78 is 11.1. The first-order valence-corrected chi connectivity index (χ1v) is 18.2. The lowest BCUT2D eigenvalue weighted by Gasteiger charge is -2.71. The smallest absolute Gasteiger partial charge is 0.189 e. The van der Waals surface area contributed by atoms with Crippen LogP contribution in [0.15, 0.2) is 72.3 Å². The number of piperazine rings is 1. The van der Waals surface area contributed by atoms with Crippen LogP contribution in [0.4, 0.5) is 5.69 Å². The number of ketones is 1. The number of nitrogens with zero attached hydrogens (tertiary/aromatic N) is 2. The van der Waals surface area contributed by atoms with Gasteiger partial charge in [-0.25, -0.2) is 0 Å². The topological polar surface area (TPSA) is 82.5 Å². The Labute approximate surface area is 285 Å². The highest BCUT2D eigenvalue weighted by atomic mass is 16.5. The predicted molar refractivity (Wildman–Crippen MR) is 188 cm³/mol. The molecule has 2 aromatic carbocycles. The number of aliphatic hydroxyl groups excluding tert-OH is 1. The van der Waals surface area contributed by atoms with Gasteiger partial charge in [0.15, 0.2) is 5.78 Å². The van der Waals surface area contributed by atoms with E-state index in [2.05, 4.69) is 54.0 Å². The molecule has 3 saturated carbocycles. The molecular formula is C41H52N2O5. The molecule has 8 atom stereocenters. The first kappa shape index (κ1) is 32.1. The number of benzene rings is 2. The van der Waals surface area contributed by atoms with Crippen LogP contribution < -0.4 is 14.4 Å². The summed E-state index contributed by atoms with van der Waals surface area (Å²) in [7, 11) is 3.37. The third-order valence-corrected chi connectivity index (χ3v) is 14.6. The number of fused-ring (bicyclic) bond motifs is 1. The minimum Gasteiger partial charge on any atom is -0.497 e. The van der Waals surface area contributed by atoms with Crippen LogP contribution in [-0.2, 0) is 0 Å². The van der Waals surface area contributed by atoms with Gasteiger partial charge in [-0.2, -0.15) is 0 Å². The molecule has 1 heterocycles. The molecule has 6 aliphatic carbocycles. The maximum absolute atomic E-state index is 14.8. The number of hydrogen-bond donors (Lipinski definition) is 2. The third kappa shape index (κ3) is 4.32. The number of Topliss-reactive ketones (excluding diaryl/α,β-unsaturated/α-hetero) is 1. The van der Waals surface area contributed by atoms with Crippen LogP contribution in [0.3, 0.4) is 0 Å². The standard InChI is InChI=1S/C41H52N2O5/c1-37-16-13-29(44)25-39(37)19-20-41(31(26-39)36(45)28-9-11-30(47-3)12-10-28)34(37)14-17-38(2)35(41)15-18-40(38,46)27-42-21-23-43(24-22-42)32-7-5-6-8-33(32)48-4/h5-12,19-20,26,29,34-35,44,46H,13-18,21-25,27H2,1-4H3. The lowest BCUT2D eigenvalue weighted by molar-refractivity contribution is -0.176. The molecule has 256 valence electrons. The van der Waals surface area contributed by atoms with Crippen LogP contribution in [0.5, 0.6) is 11.5 Å². The number of allylic oxidation sites excluding steroid dienone is 4. The normalized spacial score (nSPS) is 40.1. The minimum absolute atomic E-state index is 0.0402. The Kier molecular flexibility index (Phi) is 7.48. The fourth-order valence-electron chi connectivity index (χ4n) is 11.9. The molecule has 7 heteroatoms. The zero-order chi connectivity index (χ0) is 33.5. The van der Waals surface area contributed by atoms with Gasteiger partial charge in [0.2, 0.25) is 0 Å². The second kappa shape index (κ2) is 11.2. The highest BCUT2D eigenvalue weighted by molar-refractivity contribution is 6.10. The second-order valence-electron chi connectivity index (χ2n) is 16.3. The molecule has 0 radical (unpaired) electrons. The molecule has 2 bridgehead atoms. The van der Waals surface area contributed by atoms with Crippen molar-refractivity contribution in [1.82, 2.24) is 4.90 Å². The second-order valence-corrected chi connectivity index (χ2v) is 16.3. The Morgan fingerprint density at radius 2 is 1.54 bits per heavy atom. The lowest BCUT2D eigenvalue weighted by atomic mass is 9.32. The Balaban J connectivity index is 1.12. The SMILES string of the molecule is COc1ccc(C(=O)C2=CC34C=CC25C(CCC2(C)C5CCC2(O)CN2CCN(c5ccccc5OC)CC2)C3(C)CCC(O)C4)cc1. The molecule has 2 aromatic rings. The average Bonchev–Trinajstić information content (AvgIpc) is 3.38. The van der Waals surface area contributed by atoms with Crippen molar-refractivity contribution < 1.29 is 24.5 Å². The van der Waals surface area contributed by atoms with Crippen LogP contribution in [0.2, 0.25) is 0 Å². The summed E-state index contributed by atoms with van der Waals surface area (Å²) in [5.41, 5.74) is 0.703. The summed E-state index contributed by atoms with van der Waals surface area (Å²) in [4.78, 5) is 19.6. The predicted octanol–water partition coefficient (Wildman–Crippen LogP) is 6.30. The number of carbonyl (C=O) groups is 1. The van der Waals surface area contributed by atoms with Crippen molar-refractivity contribution in [3.63, 3.8) is 0 Å². The zero-order valence-corrected chi connectivity index (χ0v) is 29.1. The van der Waals surface area contributed by atoms with Crippen LogP contribution in [0, 0.1) is 33.5 Å². The van der Waals surface area contributed by atoms with E-state index in [1.54, 1.807) is 14.2 Å². The number of carbonyl (C=O) groups excluding carboxylic acids is 1. The van der Waals surface area contributed by atoms with Gasteiger partial charge in [-0.1, -0.05) is 44.2 Å². The van der Waals surface area contributed by atoms with Crippen LogP contribution in [0.25, 0.3) is 0 Å². The van der Waals surface area contributed by atoms with Crippen LogP contribution in [-0.4, -0.2) is 79.5 Å². The van der Waals surface area contributed by atoms with Gasteiger partial charge in [0, 0.05) is 60.1 Å². The number of aliphatic hydroxyl groups is 2. The van der Waals surface area contributed by atoms with E-state index in [-0.39, 0.29) is 40.0 Å². The Morgan fingerprint density at radius 3 is 2.27 bits per heavy atom. The lowest BCUT2D eigenvalue weighted by Crippen LogP contribution is -2.67. The average molecular weight is 653 g/mol. The van der Waals surface area contributed by atoms with Crippen LogP contribution in [0.1, 0.15) is 69.2 Å². The monoisotopic (exact) mass is 652 g/mol. The number of anilines is 1. The Hall–Kier alpha value is -3.13. The number of β-amino-alcohol motifs (C(OH)–C–C–N with tert-alkyl or cyclic N) is 1. The van der Waals surface area contributed by atoms with Gasteiger partial charge in [0.1, 0.15) is 11.5 Å². The molecule has 2 spiro atoms. The van der Waals surface area contributed by atoms with Crippen molar-refractivity contribution in [2.24, 2.45) is 33.5 Å². The van der Waals surface area contributed by atoms with Gasteiger partial charge in [0.25, 0.3) is 0 Å². The highest BCUT2D eigenvalue weighted by Crippen LogP contribution is 2.78. The quantitative estimate of drug-likeness (QED) is 0.269. The summed E-state index contributed by atoms with van der Waals surface area (Å²) in [6, 6.07) is 15.8. The molecule has 2 N–H and O–H groups in total. The fraction of sp³-hybridized carbons (Fsp3) is 0.585. The molecule has 7 aliphatic rings. The van der Waals surface area contributed by atoms with E-state index in [0.29, 0.717) is 18.5 Å². The minimum atomic E-state index is -0.845. The van der Waals surface area contributed by atoms with Crippen molar-refractivity contribution in [1.29, 1.82) is 0 Å². The summed E-state index contributed by atoms with van der Waals surface area (Å²) >= 11 is 0. The van der Waals surface area contributed by atoms with Gasteiger partial charge in [-0.05, 0) is 98.6 Å². The molecule has 1 saturated heterocycles. The molecule has 9 rings (SSSR count). The van der Waals surface area contributed by atoms with Gasteiger partial charge < -0.3 is 24.6 Å².